The van der Waals surface area contributed by atoms with Crippen LogP contribution in [-0.4, -0.2) is 18.4 Å². The average Bonchev–Trinajstić information content (AvgIpc) is 2.34. The maximum atomic E-state index is 11.4. The maximum Gasteiger partial charge on any atom is 1.00 e. The molecule has 9 heteroatoms. The Labute approximate surface area is 161 Å². The number of benzene rings is 2. The van der Waals surface area contributed by atoms with Gasteiger partial charge in [-0.3, -0.25) is 0 Å². The van der Waals surface area contributed by atoms with E-state index in [1.54, 1.807) is 30.3 Å². The second-order valence-electron chi connectivity index (χ2n) is 4.09. The summed E-state index contributed by atoms with van der Waals surface area (Å²) < 4.78 is 34.3. The van der Waals surface area contributed by atoms with Crippen LogP contribution < -0.4 is 34.9 Å². The largest absolute Gasteiger partial charge is 1.00 e. The number of hydrogen-bond acceptors (Lipinski definition) is 4. The normalized spacial score (nSPS) is 11.8. The van der Waals surface area contributed by atoms with E-state index in [1.165, 1.54) is 18.2 Å². The van der Waals surface area contributed by atoms with Crippen molar-refractivity contribution in [2.45, 2.75) is 5.37 Å². The van der Waals surface area contributed by atoms with Crippen LogP contribution in [0.5, 0.6) is 0 Å². The minimum absolute atomic E-state index is 0. The number of hydrogen-bond donors (Lipinski definition) is 1. The fourth-order valence-corrected chi connectivity index (χ4v) is 3.04. The van der Waals surface area contributed by atoms with Crippen molar-refractivity contribution in [1.29, 1.82) is 0 Å². The number of rotatable bonds is 4. The van der Waals surface area contributed by atoms with E-state index in [2.05, 4.69) is 5.32 Å². The van der Waals surface area contributed by atoms with Gasteiger partial charge in [0.05, 0.1) is 0 Å². The Bertz CT molecular complexity index is 693. The van der Waals surface area contributed by atoms with Crippen LogP contribution in [0.15, 0.2) is 48.5 Å². The molecule has 1 atom stereocenters. The van der Waals surface area contributed by atoms with Crippen molar-refractivity contribution < 1.29 is 48.0 Å². The van der Waals surface area contributed by atoms with Gasteiger partial charge in [-0.25, -0.2) is 8.42 Å². The smallest absolute Gasteiger partial charge is 0.746 e. The van der Waals surface area contributed by atoms with Gasteiger partial charge in [0, 0.05) is 15.7 Å². The van der Waals surface area contributed by atoms with Gasteiger partial charge in [0.15, 0.2) is 0 Å². The van der Waals surface area contributed by atoms with Crippen LogP contribution in [0.2, 0.25) is 10.0 Å². The standard InChI is InChI=1S/C13H11Cl2NO3S.Na.H2O/c14-10-6-11(15)8-12(7-10)16-13(20(17,18)19)9-4-2-1-3-5-9;;/h1-8,13,16H,(H,17,18,19);;1H2/q;+1;/p-1. The second-order valence-corrected chi connectivity index (χ2v) is 6.42. The molecule has 3 N–H and O–H groups in total. The predicted octanol–water partition coefficient (Wildman–Crippen LogP) is -0.171. The van der Waals surface area contributed by atoms with Gasteiger partial charge < -0.3 is 15.3 Å². The Kier molecular flexibility index (Phi) is 8.97. The molecule has 0 fully saturated rings. The van der Waals surface area contributed by atoms with Gasteiger partial charge >= 0.3 is 29.6 Å². The molecule has 114 valence electrons. The van der Waals surface area contributed by atoms with Crippen molar-refractivity contribution in [1.82, 2.24) is 0 Å². The van der Waals surface area contributed by atoms with E-state index in [0.717, 1.165) is 0 Å². The Morgan fingerprint density at radius 1 is 1.00 bits per heavy atom. The van der Waals surface area contributed by atoms with E-state index in [0.29, 0.717) is 21.3 Å². The third-order valence-corrected chi connectivity index (χ3v) is 3.96. The van der Waals surface area contributed by atoms with Crippen LogP contribution in [-0.2, 0) is 10.1 Å². The van der Waals surface area contributed by atoms with Crippen molar-refractivity contribution in [3.63, 3.8) is 0 Å². The molecule has 0 saturated heterocycles. The van der Waals surface area contributed by atoms with Crippen LogP contribution in [0.3, 0.4) is 0 Å². The Hall–Kier alpha value is -0.310. The predicted molar refractivity (Wildman–Crippen MR) is 82.6 cm³/mol. The van der Waals surface area contributed by atoms with Crippen molar-refractivity contribution in [2.24, 2.45) is 0 Å². The fourth-order valence-electron chi connectivity index (χ4n) is 1.74. The molecule has 22 heavy (non-hydrogen) atoms. The van der Waals surface area contributed by atoms with Crippen LogP contribution in [0.25, 0.3) is 0 Å². The summed E-state index contributed by atoms with van der Waals surface area (Å²) in [6, 6.07) is 12.6. The van der Waals surface area contributed by atoms with E-state index in [-0.39, 0.29) is 35.0 Å². The number of nitrogens with one attached hydrogen (secondary N) is 1. The van der Waals surface area contributed by atoms with E-state index in [4.69, 9.17) is 23.2 Å². The first-order valence-electron chi connectivity index (χ1n) is 5.58. The molecule has 5 nitrogen and oxygen atoms in total. The zero-order valence-electron chi connectivity index (χ0n) is 11.6. The van der Waals surface area contributed by atoms with Gasteiger partial charge in [-0.1, -0.05) is 53.5 Å². The molecule has 2 rings (SSSR count). The molecule has 0 amide bonds. The summed E-state index contributed by atoms with van der Waals surface area (Å²) in [5.74, 6) is 0. The Morgan fingerprint density at radius 2 is 1.50 bits per heavy atom. The fraction of sp³-hybridized carbons (Fsp3) is 0.0769. The summed E-state index contributed by atoms with van der Waals surface area (Å²) in [6.45, 7) is 0. The van der Waals surface area contributed by atoms with Gasteiger partial charge in [0.1, 0.15) is 15.5 Å². The first-order valence-corrected chi connectivity index (χ1v) is 7.81. The van der Waals surface area contributed by atoms with Gasteiger partial charge in [-0.15, -0.1) is 0 Å². The SMILES string of the molecule is O.O=S(=O)([O-])C(Nc1cc(Cl)cc(Cl)c1)c1ccccc1.[Na+]. The van der Waals surface area contributed by atoms with Crippen molar-refractivity contribution in [3.05, 3.63) is 64.1 Å². The molecule has 1 unspecified atom stereocenters. The molecule has 0 aliphatic carbocycles. The molecule has 0 saturated carbocycles. The molecule has 0 heterocycles. The minimum atomic E-state index is -4.59. The van der Waals surface area contributed by atoms with Gasteiger partial charge in [-0.2, -0.15) is 0 Å². The second kappa shape index (κ2) is 9.10. The summed E-state index contributed by atoms with van der Waals surface area (Å²) in [4.78, 5) is 0. The van der Waals surface area contributed by atoms with E-state index in [1.807, 2.05) is 0 Å². The van der Waals surface area contributed by atoms with Gasteiger partial charge in [-0.05, 0) is 23.8 Å². The van der Waals surface area contributed by atoms with Crippen LogP contribution in [0.4, 0.5) is 5.69 Å². The van der Waals surface area contributed by atoms with E-state index >= 15 is 0 Å². The summed E-state index contributed by atoms with van der Waals surface area (Å²) in [5, 5.41) is 1.93. The minimum Gasteiger partial charge on any atom is -0.746 e. The summed E-state index contributed by atoms with van der Waals surface area (Å²) in [7, 11) is -4.59. The first-order chi connectivity index (χ1) is 9.36. The summed E-state index contributed by atoms with van der Waals surface area (Å²) in [6.07, 6.45) is 0. The molecule has 0 aliphatic rings. The molecule has 0 spiro atoms. The summed E-state index contributed by atoms with van der Waals surface area (Å²) >= 11 is 11.7. The summed E-state index contributed by atoms with van der Waals surface area (Å²) in [5.41, 5.74) is 0.703. The molecule has 0 bridgehead atoms. The van der Waals surface area contributed by atoms with Crippen LogP contribution >= 0.6 is 23.2 Å². The zero-order chi connectivity index (χ0) is 14.8. The average molecular weight is 372 g/mol. The van der Waals surface area contributed by atoms with Crippen molar-refractivity contribution in [3.8, 4) is 0 Å². The Balaban J connectivity index is 0.00000220. The topological polar surface area (TPSA) is 101 Å². The van der Waals surface area contributed by atoms with Gasteiger partial charge in [0.25, 0.3) is 0 Å². The van der Waals surface area contributed by atoms with Crippen LogP contribution in [0, 0.1) is 0 Å². The quantitative estimate of drug-likeness (QED) is 0.595. The molecule has 2 aromatic rings. The van der Waals surface area contributed by atoms with E-state index in [9.17, 15) is 13.0 Å². The third-order valence-electron chi connectivity index (χ3n) is 2.55. The molecular formula is C13H12Cl2NNaO4S. The van der Waals surface area contributed by atoms with E-state index < -0.39 is 15.5 Å². The maximum absolute atomic E-state index is 11.4. The molecule has 0 radical (unpaired) electrons. The number of anilines is 1. The molecule has 2 aromatic carbocycles. The van der Waals surface area contributed by atoms with Gasteiger partial charge in [0.2, 0.25) is 0 Å². The number of halogens is 2. The monoisotopic (exact) mass is 371 g/mol. The van der Waals surface area contributed by atoms with Crippen LogP contribution in [0.1, 0.15) is 10.9 Å². The van der Waals surface area contributed by atoms with Crippen molar-refractivity contribution in [2.75, 3.05) is 5.32 Å². The molecule has 0 aliphatic heterocycles. The van der Waals surface area contributed by atoms with Crippen molar-refractivity contribution >= 4 is 39.0 Å². The Morgan fingerprint density at radius 3 is 1.95 bits per heavy atom. The zero-order valence-corrected chi connectivity index (χ0v) is 15.9. The third kappa shape index (κ3) is 6.06. The molecule has 0 aromatic heterocycles. The first kappa shape index (κ1) is 21.7. The molecular weight excluding hydrogens is 360 g/mol.